The minimum absolute atomic E-state index is 0.0400. The lowest BCUT2D eigenvalue weighted by Gasteiger charge is -2.21. The Labute approximate surface area is 265 Å². The van der Waals surface area contributed by atoms with E-state index >= 15 is 0 Å². The first-order valence-electron chi connectivity index (χ1n) is 16.1. The molecule has 3 rings (SSSR count). The predicted octanol–water partition coefficient (Wildman–Crippen LogP) is 10.7. The van der Waals surface area contributed by atoms with E-state index in [1.54, 1.807) is 19.1 Å². The van der Waals surface area contributed by atoms with Gasteiger partial charge in [-0.2, -0.15) is 13.2 Å². The minimum Gasteiger partial charge on any atom is -0.494 e. The van der Waals surface area contributed by atoms with Crippen LogP contribution in [0.4, 0.5) is 13.2 Å². The lowest BCUT2D eigenvalue weighted by molar-refractivity contribution is -0.206. The number of alkyl halides is 3. The standard InChI is InChI=1S/C37H45F3O5/c1-4-6-8-10-11-12-14-34(37(38,39)40)45-36(42)31-21-24-33(27(3)26-31)44-35(41)30-17-15-28(16-18-30)29-19-22-32(23-20-29)43-25-13-9-7-5-2/h15-24,26,34H,4-14,25H2,1-3H3/t34-/m0/s1. The Morgan fingerprint density at radius 3 is 1.84 bits per heavy atom. The normalized spacial score (nSPS) is 12.0. The zero-order valence-corrected chi connectivity index (χ0v) is 26.6. The zero-order chi connectivity index (χ0) is 32.7. The molecule has 0 fully saturated rings. The van der Waals surface area contributed by atoms with Gasteiger partial charge in [-0.25, -0.2) is 9.59 Å². The Bertz CT molecular complexity index is 1330. The highest BCUT2D eigenvalue weighted by Crippen LogP contribution is 2.29. The van der Waals surface area contributed by atoms with E-state index in [0.29, 0.717) is 30.6 Å². The molecule has 8 heteroatoms. The fraction of sp³-hybridized carbons (Fsp3) is 0.459. The Kier molecular flexibility index (Phi) is 14.4. The summed E-state index contributed by atoms with van der Waals surface area (Å²) in [5, 5.41) is 0. The maximum atomic E-state index is 13.5. The molecule has 0 bridgehead atoms. The number of unbranched alkanes of at least 4 members (excludes halogenated alkanes) is 8. The number of hydrogen-bond acceptors (Lipinski definition) is 5. The molecule has 0 spiro atoms. The molecule has 1 atom stereocenters. The first-order valence-corrected chi connectivity index (χ1v) is 16.1. The van der Waals surface area contributed by atoms with Crippen molar-refractivity contribution in [1.82, 2.24) is 0 Å². The van der Waals surface area contributed by atoms with E-state index in [4.69, 9.17) is 14.2 Å². The van der Waals surface area contributed by atoms with E-state index in [-0.39, 0.29) is 17.7 Å². The molecule has 0 amide bonds. The summed E-state index contributed by atoms with van der Waals surface area (Å²) in [7, 11) is 0. The molecule has 0 N–H and O–H groups in total. The minimum atomic E-state index is -4.65. The summed E-state index contributed by atoms with van der Waals surface area (Å²) in [5.74, 6) is -0.641. The highest BCUT2D eigenvalue weighted by Gasteiger charge is 2.42. The quantitative estimate of drug-likeness (QED) is 0.0799. The number of ether oxygens (including phenoxy) is 3. The average Bonchev–Trinajstić information content (AvgIpc) is 3.02. The second kappa shape index (κ2) is 18.2. The molecule has 0 radical (unpaired) electrons. The summed E-state index contributed by atoms with van der Waals surface area (Å²) >= 11 is 0. The third kappa shape index (κ3) is 11.9. The van der Waals surface area contributed by atoms with E-state index in [2.05, 4.69) is 13.8 Å². The van der Waals surface area contributed by atoms with Crippen molar-refractivity contribution in [2.45, 2.75) is 104 Å². The largest absolute Gasteiger partial charge is 0.494 e. The predicted molar refractivity (Wildman–Crippen MR) is 171 cm³/mol. The van der Waals surface area contributed by atoms with Gasteiger partial charge in [0, 0.05) is 0 Å². The molecule has 5 nitrogen and oxygen atoms in total. The molecule has 3 aromatic carbocycles. The van der Waals surface area contributed by atoms with Crippen molar-refractivity contribution in [3.63, 3.8) is 0 Å². The van der Waals surface area contributed by atoms with Crippen molar-refractivity contribution in [3.8, 4) is 22.6 Å². The van der Waals surface area contributed by atoms with Crippen molar-refractivity contribution in [1.29, 1.82) is 0 Å². The SMILES string of the molecule is CCCCCCCC[C@H](OC(=O)c1ccc(OC(=O)c2ccc(-c3ccc(OCCCCCC)cc3)cc2)c(C)c1)C(F)(F)F. The van der Waals surface area contributed by atoms with Crippen LogP contribution in [0.3, 0.4) is 0 Å². The fourth-order valence-electron chi connectivity index (χ4n) is 4.91. The van der Waals surface area contributed by atoms with Crippen molar-refractivity contribution in [2.24, 2.45) is 0 Å². The summed E-state index contributed by atoms with van der Waals surface area (Å²) in [6.07, 6.45) is 2.45. The highest BCUT2D eigenvalue weighted by molar-refractivity contribution is 5.93. The number of halogens is 3. The van der Waals surface area contributed by atoms with Crippen molar-refractivity contribution < 1.29 is 37.0 Å². The van der Waals surface area contributed by atoms with Gasteiger partial charge in [0.1, 0.15) is 11.5 Å². The molecule has 0 aliphatic rings. The lowest BCUT2D eigenvalue weighted by atomic mass is 10.0. The summed E-state index contributed by atoms with van der Waals surface area (Å²) in [6.45, 7) is 6.55. The smallest absolute Gasteiger partial charge is 0.425 e. The van der Waals surface area contributed by atoms with Gasteiger partial charge in [0.15, 0.2) is 6.10 Å². The van der Waals surface area contributed by atoms with E-state index in [1.807, 2.05) is 36.4 Å². The second-order valence-corrected chi connectivity index (χ2v) is 11.4. The van der Waals surface area contributed by atoms with Crippen molar-refractivity contribution in [3.05, 3.63) is 83.4 Å². The molecule has 244 valence electrons. The van der Waals surface area contributed by atoms with Crippen LogP contribution in [0, 0.1) is 6.92 Å². The summed E-state index contributed by atoms with van der Waals surface area (Å²) in [6, 6.07) is 18.8. The third-order valence-electron chi connectivity index (χ3n) is 7.62. The van der Waals surface area contributed by atoms with E-state index in [0.717, 1.165) is 55.4 Å². The van der Waals surface area contributed by atoms with Gasteiger partial charge >= 0.3 is 18.1 Å². The summed E-state index contributed by atoms with van der Waals surface area (Å²) in [4.78, 5) is 25.4. The van der Waals surface area contributed by atoms with Gasteiger partial charge in [-0.3, -0.25) is 0 Å². The Hall–Kier alpha value is -3.81. The number of aryl methyl sites for hydroxylation is 1. The van der Waals surface area contributed by atoms with Crippen LogP contribution in [-0.4, -0.2) is 30.8 Å². The first-order chi connectivity index (χ1) is 21.6. The number of esters is 2. The van der Waals surface area contributed by atoms with E-state index in [1.165, 1.54) is 31.0 Å². The molecule has 0 aliphatic carbocycles. The van der Waals surface area contributed by atoms with Gasteiger partial charge in [-0.15, -0.1) is 0 Å². The molecule has 0 aromatic heterocycles. The number of carbonyl (C=O) groups is 2. The number of rotatable bonds is 18. The van der Waals surface area contributed by atoms with Gasteiger partial charge in [-0.1, -0.05) is 89.5 Å². The summed E-state index contributed by atoms with van der Waals surface area (Å²) in [5.41, 5.74) is 2.61. The molecule has 0 saturated heterocycles. The zero-order valence-electron chi connectivity index (χ0n) is 26.6. The Balaban J connectivity index is 1.55. The van der Waals surface area contributed by atoms with Crippen LogP contribution in [0.2, 0.25) is 0 Å². The average molecular weight is 627 g/mol. The van der Waals surface area contributed by atoms with Gasteiger partial charge < -0.3 is 14.2 Å². The van der Waals surface area contributed by atoms with Gasteiger partial charge in [0.25, 0.3) is 0 Å². The molecule has 45 heavy (non-hydrogen) atoms. The topological polar surface area (TPSA) is 61.8 Å². The van der Waals surface area contributed by atoms with Crippen LogP contribution in [0.1, 0.15) is 111 Å². The molecule has 3 aromatic rings. The monoisotopic (exact) mass is 626 g/mol. The van der Waals surface area contributed by atoms with Crippen LogP contribution < -0.4 is 9.47 Å². The van der Waals surface area contributed by atoms with Crippen molar-refractivity contribution >= 4 is 11.9 Å². The van der Waals surface area contributed by atoms with Crippen LogP contribution in [0.25, 0.3) is 11.1 Å². The molecule has 0 saturated carbocycles. The van der Waals surface area contributed by atoms with Gasteiger partial charge in [0.05, 0.1) is 17.7 Å². The summed E-state index contributed by atoms with van der Waals surface area (Å²) < 4.78 is 56.8. The van der Waals surface area contributed by atoms with E-state index < -0.39 is 24.2 Å². The molecule has 0 unspecified atom stereocenters. The van der Waals surface area contributed by atoms with Crippen LogP contribution in [0.15, 0.2) is 66.7 Å². The number of benzene rings is 3. The third-order valence-corrected chi connectivity index (χ3v) is 7.62. The molecular formula is C37H45F3O5. The van der Waals surface area contributed by atoms with Crippen LogP contribution in [-0.2, 0) is 4.74 Å². The van der Waals surface area contributed by atoms with Gasteiger partial charge in [-0.05, 0) is 85.3 Å². The van der Waals surface area contributed by atoms with Crippen LogP contribution in [0.5, 0.6) is 11.5 Å². The molecule has 0 heterocycles. The fourth-order valence-corrected chi connectivity index (χ4v) is 4.91. The molecular weight excluding hydrogens is 581 g/mol. The first kappa shape index (κ1) is 35.7. The van der Waals surface area contributed by atoms with Gasteiger partial charge in [0.2, 0.25) is 0 Å². The van der Waals surface area contributed by atoms with Crippen LogP contribution >= 0.6 is 0 Å². The number of carbonyl (C=O) groups excluding carboxylic acids is 2. The Morgan fingerprint density at radius 2 is 1.24 bits per heavy atom. The Morgan fingerprint density at radius 1 is 0.689 bits per heavy atom. The maximum absolute atomic E-state index is 13.5. The second-order valence-electron chi connectivity index (χ2n) is 11.4. The van der Waals surface area contributed by atoms with Crippen molar-refractivity contribution in [2.75, 3.05) is 6.61 Å². The lowest BCUT2D eigenvalue weighted by Crippen LogP contribution is -2.33. The number of hydrogen-bond donors (Lipinski definition) is 0. The van der Waals surface area contributed by atoms with E-state index in [9.17, 15) is 22.8 Å². The maximum Gasteiger partial charge on any atom is 0.425 e. The highest BCUT2D eigenvalue weighted by atomic mass is 19.4. The molecule has 0 aliphatic heterocycles.